The molecule has 1 saturated heterocycles. The maximum atomic E-state index is 11.8. The van der Waals surface area contributed by atoms with E-state index in [0.29, 0.717) is 18.2 Å². The monoisotopic (exact) mass is 234 g/mol. The average Bonchev–Trinajstić information content (AvgIpc) is 2.94. The minimum atomic E-state index is 0.0370. The molecule has 4 nitrogen and oxygen atoms in total. The first-order valence-corrected chi connectivity index (χ1v) is 5.92. The number of hydrogen-bond acceptors (Lipinski definition) is 3. The summed E-state index contributed by atoms with van der Waals surface area (Å²) < 4.78 is 5.36. The van der Waals surface area contributed by atoms with Crippen molar-refractivity contribution in [1.82, 2.24) is 4.90 Å². The fourth-order valence-corrected chi connectivity index (χ4v) is 2.03. The summed E-state index contributed by atoms with van der Waals surface area (Å²) in [5.74, 6) is 2.06. The molecule has 17 heavy (non-hydrogen) atoms. The Morgan fingerprint density at radius 2 is 2.47 bits per heavy atom. The number of nitrogens with zero attached hydrogens (tertiary/aromatic N) is 1. The third kappa shape index (κ3) is 2.97. The highest BCUT2D eigenvalue weighted by molar-refractivity contribution is 5.91. The highest BCUT2D eigenvalue weighted by Crippen LogP contribution is 2.15. The predicted molar refractivity (Wildman–Crippen MR) is 66.2 cm³/mol. The lowest BCUT2D eigenvalue weighted by Gasteiger charge is -2.13. The molecule has 1 amide bonds. The van der Waals surface area contributed by atoms with Crippen LogP contribution in [-0.2, 0) is 4.79 Å². The Balaban J connectivity index is 1.91. The average molecular weight is 234 g/mol. The Bertz CT molecular complexity index is 423. The van der Waals surface area contributed by atoms with Crippen LogP contribution in [0.25, 0.3) is 6.08 Å². The number of furan rings is 1. The molecule has 1 aromatic rings. The second-order valence-electron chi connectivity index (χ2n) is 4.46. The van der Waals surface area contributed by atoms with Crippen LogP contribution >= 0.6 is 0 Å². The van der Waals surface area contributed by atoms with Crippen LogP contribution in [0, 0.1) is 12.8 Å². The first-order chi connectivity index (χ1) is 8.19. The van der Waals surface area contributed by atoms with Gasteiger partial charge < -0.3 is 15.1 Å². The molecule has 4 heteroatoms. The summed E-state index contributed by atoms with van der Waals surface area (Å²) in [5, 5.41) is 0. The van der Waals surface area contributed by atoms with Gasteiger partial charge in [-0.3, -0.25) is 4.79 Å². The van der Waals surface area contributed by atoms with E-state index >= 15 is 0 Å². The Labute approximate surface area is 101 Å². The molecule has 0 aromatic carbocycles. The van der Waals surface area contributed by atoms with E-state index in [1.165, 1.54) is 0 Å². The molecule has 92 valence electrons. The molecule has 1 unspecified atom stereocenters. The van der Waals surface area contributed by atoms with Crippen molar-refractivity contribution >= 4 is 12.0 Å². The maximum Gasteiger partial charge on any atom is 0.246 e. The number of carbonyl (C=O) groups is 1. The summed E-state index contributed by atoms with van der Waals surface area (Å²) in [4.78, 5) is 13.7. The smallest absolute Gasteiger partial charge is 0.246 e. The minimum Gasteiger partial charge on any atom is -0.462 e. The van der Waals surface area contributed by atoms with Crippen molar-refractivity contribution in [2.75, 3.05) is 19.6 Å². The van der Waals surface area contributed by atoms with Gasteiger partial charge in [-0.05, 0) is 44.0 Å². The van der Waals surface area contributed by atoms with Crippen LogP contribution < -0.4 is 5.73 Å². The van der Waals surface area contributed by atoms with Gasteiger partial charge in [0.2, 0.25) is 5.91 Å². The molecule has 0 bridgehead atoms. The number of carbonyl (C=O) groups excluding carboxylic acids is 1. The largest absolute Gasteiger partial charge is 0.462 e. The van der Waals surface area contributed by atoms with Crippen molar-refractivity contribution in [3.63, 3.8) is 0 Å². The van der Waals surface area contributed by atoms with Gasteiger partial charge >= 0.3 is 0 Å². The van der Waals surface area contributed by atoms with Crippen molar-refractivity contribution in [2.45, 2.75) is 13.3 Å². The highest BCUT2D eigenvalue weighted by atomic mass is 16.3. The zero-order valence-electron chi connectivity index (χ0n) is 10.1. The molecule has 2 heterocycles. The van der Waals surface area contributed by atoms with Gasteiger partial charge in [0.1, 0.15) is 11.5 Å². The van der Waals surface area contributed by atoms with Gasteiger partial charge in [0, 0.05) is 19.2 Å². The van der Waals surface area contributed by atoms with E-state index in [1.807, 2.05) is 24.0 Å². The van der Waals surface area contributed by atoms with E-state index in [0.717, 1.165) is 25.3 Å². The number of amides is 1. The zero-order valence-corrected chi connectivity index (χ0v) is 10.1. The third-order valence-electron chi connectivity index (χ3n) is 3.08. The SMILES string of the molecule is Cc1ccc(/C=C/C(=O)N2CCC(CN)C2)o1. The lowest BCUT2D eigenvalue weighted by atomic mass is 10.1. The molecule has 1 aromatic heterocycles. The molecule has 0 spiro atoms. The summed E-state index contributed by atoms with van der Waals surface area (Å²) >= 11 is 0. The summed E-state index contributed by atoms with van der Waals surface area (Å²) in [6, 6.07) is 3.73. The molecular weight excluding hydrogens is 216 g/mol. The quantitative estimate of drug-likeness (QED) is 0.804. The van der Waals surface area contributed by atoms with Gasteiger partial charge in [0.05, 0.1) is 0 Å². The zero-order chi connectivity index (χ0) is 12.3. The molecule has 1 fully saturated rings. The molecule has 2 N–H and O–H groups in total. The number of hydrogen-bond donors (Lipinski definition) is 1. The van der Waals surface area contributed by atoms with Crippen LogP contribution in [0.4, 0.5) is 0 Å². The minimum absolute atomic E-state index is 0.0370. The van der Waals surface area contributed by atoms with Gasteiger partial charge in [-0.1, -0.05) is 0 Å². The molecule has 0 radical (unpaired) electrons. The van der Waals surface area contributed by atoms with Crippen molar-refractivity contribution in [3.05, 3.63) is 29.7 Å². The van der Waals surface area contributed by atoms with E-state index in [4.69, 9.17) is 10.2 Å². The van der Waals surface area contributed by atoms with Gasteiger partial charge in [-0.2, -0.15) is 0 Å². The molecule has 1 aliphatic heterocycles. The Hall–Kier alpha value is -1.55. The Morgan fingerprint density at radius 3 is 3.06 bits per heavy atom. The van der Waals surface area contributed by atoms with Crippen LogP contribution in [0.3, 0.4) is 0 Å². The van der Waals surface area contributed by atoms with Crippen LogP contribution in [0.2, 0.25) is 0 Å². The van der Waals surface area contributed by atoms with Crippen molar-refractivity contribution < 1.29 is 9.21 Å². The van der Waals surface area contributed by atoms with E-state index < -0.39 is 0 Å². The lowest BCUT2D eigenvalue weighted by Crippen LogP contribution is -2.28. The molecule has 0 saturated carbocycles. The van der Waals surface area contributed by atoms with Crippen LogP contribution in [0.5, 0.6) is 0 Å². The maximum absolute atomic E-state index is 11.8. The molecule has 2 rings (SSSR count). The fourth-order valence-electron chi connectivity index (χ4n) is 2.03. The predicted octanol–water partition coefficient (Wildman–Crippen LogP) is 1.41. The topological polar surface area (TPSA) is 59.5 Å². The Morgan fingerprint density at radius 1 is 1.65 bits per heavy atom. The second-order valence-corrected chi connectivity index (χ2v) is 4.46. The molecule has 1 aliphatic rings. The van der Waals surface area contributed by atoms with Gasteiger partial charge in [0.15, 0.2) is 0 Å². The van der Waals surface area contributed by atoms with Crippen LogP contribution in [0.15, 0.2) is 22.6 Å². The number of rotatable bonds is 3. The van der Waals surface area contributed by atoms with E-state index in [2.05, 4.69) is 0 Å². The second kappa shape index (κ2) is 5.19. The number of aryl methyl sites for hydroxylation is 1. The fraction of sp³-hybridized carbons (Fsp3) is 0.462. The molecule has 0 aliphatic carbocycles. The van der Waals surface area contributed by atoms with Gasteiger partial charge in [-0.25, -0.2) is 0 Å². The van der Waals surface area contributed by atoms with Crippen LogP contribution in [-0.4, -0.2) is 30.4 Å². The van der Waals surface area contributed by atoms with E-state index in [1.54, 1.807) is 12.2 Å². The Kier molecular flexibility index (Phi) is 3.64. The normalized spacial score (nSPS) is 20.4. The molecule has 1 atom stereocenters. The molecular formula is C13H18N2O2. The first-order valence-electron chi connectivity index (χ1n) is 5.92. The first kappa shape index (κ1) is 11.9. The van der Waals surface area contributed by atoms with Crippen molar-refractivity contribution in [3.8, 4) is 0 Å². The van der Waals surface area contributed by atoms with Gasteiger partial charge in [0.25, 0.3) is 0 Å². The van der Waals surface area contributed by atoms with E-state index in [-0.39, 0.29) is 5.91 Å². The lowest BCUT2D eigenvalue weighted by molar-refractivity contribution is -0.125. The highest BCUT2D eigenvalue weighted by Gasteiger charge is 2.23. The summed E-state index contributed by atoms with van der Waals surface area (Å²) in [6.07, 6.45) is 4.29. The van der Waals surface area contributed by atoms with Crippen molar-refractivity contribution in [2.24, 2.45) is 11.7 Å². The summed E-state index contributed by atoms with van der Waals surface area (Å²) in [6.45, 7) is 4.12. The number of likely N-dealkylation sites (tertiary alicyclic amines) is 1. The van der Waals surface area contributed by atoms with Crippen molar-refractivity contribution in [1.29, 1.82) is 0 Å². The third-order valence-corrected chi connectivity index (χ3v) is 3.08. The van der Waals surface area contributed by atoms with Crippen LogP contribution in [0.1, 0.15) is 17.9 Å². The number of nitrogens with two attached hydrogens (primary N) is 1. The van der Waals surface area contributed by atoms with Gasteiger partial charge in [-0.15, -0.1) is 0 Å². The van der Waals surface area contributed by atoms with E-state index in [9.17, 15) is 4.79 Å². The summed E-state index contributed by atoms with van der Waals surface area (Å²) in [5.41, 5.74) is 5.59. The summed E-state index contributed by atoms with van der Waals surface area (Å²) in [7, 11) is 0. The standard InChI is InChI=1S/C13H18N2O2/c1-10-2-3-12(17-10)4-5-13(16)15-7-6-11(8-14)9-15/h2-5,11H,6-9,14H2,1H3/b5-4+.